The predicted octanol–water partition coefficient (Wildman–Crippen LogP) is 30.0. The molecule has 0 saturated carbocycles. The Morgan fingerprint density at radius 3 is 0.698 bits per heavy atom. The summed E-state index contributed by atoms with van der Waals surface area (Å²) in [5.41, 5.74) is 32.3. The van der Waals surface area contributed by atoms with E-state index in [1.54, 1.807) is 0 Å². The van der Waals surface area contributed by atoms with E-state index in [9.17, 15) is 21.0 Å². The molecule has 0 atom stereocenters. The van der Waals surface area contributed by atoms with E-state index in [-0.39, 0.29) is 0 Å². The first-order valence-corrected chi connectivity index (χ1v) is 42.5. The summed E-state index contributed by atoms with van der Waals surface area (Å²) in [6, 6.07) is 162. The third kappa shape index (κ3) is 10.6. The monoisotopic (exact) mass is 1600 g/mol. The van der Waals surface area contributed by atoms with Crippen molar-refractivity contribution < 1.29 is 0 Å². The molecule has 0 N–H and O–H groups in total. The number of benzene rings is 20. The molecule has 0 unspecified atom stereocenters. The summed E-state index contributed by atoms with van der Waals surface area (Å²) in [6.45, 7) is 0. The Balaban J connectivity index is 0.720. The highest BCUT2D eigenvalue weighted by atomic mass is 15.2. The van der Waals surface area contributed by atoms with Gasteiger partial charge in [0, 0.05) is 67.0 Å². The fourth-order valence-corrected chi connectivity index (χ4v) is 21.7. The minimum absolute atomic E-state index is 0.530. The number of para-hydroxylation sites is 2. The second-order valence-corrected chi connectivity index (χ2v) is 32.9. The Bertz CT molecular complexity index is 8090. The Morgan fingerprint density at radius 1 is 0.167 bits per heavy atom. The molecule has 0 fully saturated rings. The maximum Gasteiger partial charge on any atom is 0.0992 e. The molecule has 0 aromatic heterocycles. The molecule has 24 rings (SSSR count). The number of rotatable bonds is 13. The van der Waals surface area contributed by atoms with Gasteiger partial charge in [0.25, 0.3) is 0 Å². The van der Waals surface area contributed by atoms with Gasteiger partial charge in [0.2, 0.25) is 0 Å². The van der Waals surface area contributed by atoms with Crippen molar-refractivity contribution in [3.8, 4) is 79.9 Å². The summed E-state index contributed by atoms with van der Waals surface area (Å²) >= 11 is 0. The van der Waals surface area contributed by atoms with Crippen LogP contribution in [0.5, 0.6) is 0 Å². The van der Waals surface area contributed by atoms with E-state index in [1.165, 1.54) is 61.2 Å². The van der Waals surface area contributed by atoms with Gasteiger partial charge in [-0.3, -0.25) is 0 Å². The molecular weight excluding hydrogens is 1530 g/mol. The maximum absolute atomic E-state index is 11.0. The first-order valence-electron chi connectivity index (χ1n) is 42.5. The molecule has 0 radical (unpaired) electrons. The van der Waals surface area contributed by atoms with E-state index in [0.29, 0.717) is 22.3 Å². The average molecular weight is 1600 g/mol. The van der Waals surface area contributed by atoms with Gasteiger partial charge >= 0.3 is 0 Å². The third-order valence-corrected chi connectivity index (χ3v) is 26.6. The lowest BCUT2D eigenvalue weighted by Gasteiger charge is -2.34. The standard InChI is InChI=1S/C118H70N8/c119-71-75-55-59-83(60-56-75)123(81-31-3-1-4-32-81)109-67-105-113(97-47-11-7-43-93(97)109)115-99-49-13-9-45-95(99)111(69-107(115)117(105)101-51-19-15-39-89(101)90-40-16-20-52-102(90)117)125(84-61-57-76(72-120)58-62-84)87-37-25-29-79(65-87)80-30-26-38-88(66-80)126(86-36-24-28-78(64-86)74-122)112-70-108-116(100-50-14-10-46-96(100)112)114-98-48-12-8-44-94(98)110(124(82-33-5-2-6-34-82)85-35-23-27-77(63-85)73-121)68-106(114)118(108)103-53-21-17-41-91(103)92-42-18-22-54-104(92)118/h1-70H. The van der Waals surface area contributed by atoms with Crippen molar-refractivity contribution in [2.75, 3.05) is 19.6 Å². The predicted molar refractivity (Wildman–Crippen MR) is 512 cm³/mol. The van der Waals surface area contributed by atoms with E-state index in [0.717, 1.165) is 150 Å². The van der Waals surface area contributed by atoms with Gasteiger partial charge in [0.05, 0.1) is 80.1 Å². The fraction of sp³-hybridized carbons (Fsp3) is 0.0169. The zero-order valence-corrected chi connectivity index (χ0v) is 68.0. The van der Waals surface area contributed by atoms with Crippen LogP contribution in [0.4, 0.5) is 68.2 Å². The molecule has 0 amide bonds. The lowest BCUT2D eigenvalue weighted by Crippen LogP contribution is -2.26. The van der Waals surface area contributed by atoms with Crippen LogP contribution in [0.2, 0.25) is 0 Å². The molecule has 8 heteroatoms. The molecule has 0 aliphatic heterocycles. The molecule has 582 valence electrons. The molecule has 8 nitrogen and oxygen atoms in total. The van der Waals surface area contributed by atoms with Crippen LogP contribution in [-0.4, -0.2) is 0 Å². The van der Waals surface area contributed by atoms with Gasteiger partial charge in [-0.05, 0) is 279 Å². The number of nitriles is 4. The molecule has 20 aromatic rings. The number of anilines is 12. The summed E-state index contributed by atoms with van der Waals surface area (Å²) in [4.78, 5) is 9.44. The van der Waals surface area contributed by atoms with Crippen LogP contribution in [0.15, 0.2) is 425 Å². The first kappa shape index (κ1) is 72.6. The van der Waals surface area contributed by atoms with Crippen molar-refractivity contribution in [3.05, 3.63) is 491 Å². The Hall–Kier alpha value is -17.4. The van der Waals surface area contributed by atoms with Gasteiger partial charge in [0.1, 0.15) is 0 Å². The third-order valence-electron chi connectivity index (χ3n) is 26.6. The maximum atomic E-state index is 11.0. The van der Waals surface area contributed by atoms with Crippen LogP contribution in [0, 0.1) is 45.3 Å². The summed E-state index contributed by atoms with van der Waals surface area (Å²) < 4.78 is 0. The Morgan fingerprint density at radius 2 is 0.397 bits per heavy atom. The van der Waals surface area contributed by atoms with Crippen molar-refractivity contribution in [1.82, 2.24) is 0 Å². The number of hydrogen-bond donors (Lipinski definition) is 0. The largest absolute Gasteiger partial charge is 0.310 e. The second-order valence-electron chi connectivity index (χ2n) is 32.9. The molecule has 4 aliphatic carbocycles. The minimum Gasteiger partial charge on any atom is -0.310 e. The van der Waals surface area contributed by atoms with Crippen LogP contribution in [0.25, 0.3) is 98.7 Å². The number of hydrogen-bond acceptors (Lipinski definition) is 8. The molecule has 2 spiro atoms. The van der Waals surface area contributed by atoms with E-state index in [2.05, 4.69) is 408 Å². The molecule has 20 aromatic carbocycles. The summed E-state index contributed by atoms with van der Waals surface area (Å²) in [5, 5.41) is 50.9. The van der Waals surface area contributed by atoms with Gasteiger partial charge in [-0.1, -0.05) is 267 Å². The average Bonchev–Trinajstić information content (AvgIpc) is 1.50. The SMILES string of the molecule is N#Cc1ccc(N(c2ccccc2)c2cc3c(c4ccccc24)-c2c(cc(N(c4ccc(C#N)cc4)c4cccc(-c5cccc(N(c6cccc(C#N)c6)c6cc7c(c8ccccc68)-c6c(cc(N(c8ccccc8)c8cccc(C#N)c8)c8ccccc68)C76c7ccccc7-c7ccccc76)c5)c4)c4ccccc24)C32c3ccccc3-c3ccccc32)cc1. The Kier molecular flexibility index (Phi) is 16.5. The van der Waals surface area contributed by atoms with E-state index >= 15 is 0 Å². The molecule has 0 saturated heterocycles. The highest BCUT2D eigenvalue weighted by molar-refractivity contribution is 6.22. The summed E-state index contributed by atoms with van der Waals surface area (Å²) in [5.74, 6) is 0. The van der Waals surface area contributed by atoms with Gasteiger partial charge < -0.3 is 19.6 Å². The lowest BCUT2D eigenvalue weighted by atomic mass is 9.70. The van der Waals surface area contributed by atoms with Gasteiger partial charge in [-0.25, -0.2) is 0 Å². The molecule has 4 aliphatic rings. The molecule has 0 heterocycles. The van der Waals surface area contributed by atoms with Gasteiger partial charge in [-0.15, -0.1) is 0 Å². The molecule has 126 heavy (non-hydrogen) atoms. The normalized spacial score (nSPS) is 12.7. The van der Waals surface area contributed by atoms with E-state index < -0.39 is 10.8 Å². The fourth-order valence-electron chi connectivity index (χ4n) is 21.7. The second kappa shape index (κ2) is 28.6. The van der Waals surface area contributed by atoms with Gasteiger partial charge in [0.15, 0.2) is 0 Å². The Labute approximate surface area is 729 Å². The van der Waals surface area contributed by atoms with E-state index in [1.807, 2.05) is 60.7 Å². The van der Waals surface area contributed by atoms with Crippen molar-refractivity contribution in [2.45, 2.75) is 10.8 Å². The topological polar surface area (TPSA) is 108 Å². The molecule has 0 bridgehead atoms. The van der Waals surface area contributed by atoms with E-state index in [4.69, 9.17) is 0 Å². The lowest BCUT2D eigenvalue weighted by molar-refractivity contribution is 0.795. The van der Waals surface area contributed by atoms with Crippen LogP contribution >= 0.6 is 0 Å². The highest BCUT2D eigenvalue weighted by Gasteiger charge is 2.56. The summed E-state index contributed by atoms with van der Waals surface area (Å²) in [7, 11) is 0. The van der Waals surface area contributed by atoms with Crippen molar-refractivity contribution in [3.63, 3.8) is 0 Å². The number of nitrogens with zero attached hydrogens (tertiary/aromatic N) is 8. The van der Waals surface area contributed by atoms with Crippen LogP contribution in [0.3, 0.4) is 0 Å². The molecular formula is C118H70N8. The van der Waals surface area contributed by atoms with Crippen molar-refractivity contribution in [2.24, 2.45) is 0 Å². The number of fused-ring (bicyclic) bond motifs is 28. The quantitative estimate of drug-likeness (QED) is 0.112. The van der Waals surface area contributed by atoms with Crippen molar-refractivity contribution >= 4 is 111 Å². The van der Waals surface area contributed by atoms with Crippen LogP contribution in [-0.2, 0) is 10.8 Å². The zero-order chi connectivity index (χ0) is 83.9. The minimum atomic E-state index is -0.882. The zero-order valence-electron chi connectivity index (χ0n) is 68.0. The highest BCUT2D eigenvalue weighted by Crippen LogP contribution is 2.70. The van der Waals surface area contributed by atoms with Crippen LogP contribution in [0.1, 0.15) is 66.8 Å². The van der Waals surface area contributed by atoms with Crippen LogP contribution < -0.4 is 19.6 Å². The first-order chi connectivity index (χ1) is 62.3. The smallest absolute Gasteiger partial charge is 0.0992 e. The summed E-state index contributed by atoms with van der Waals surface area (Å²) in [6.07, 6.45) is 0. The van der Waals surface area contributed by atoms with Crippen molar-refractivity contribution in [1.29, 1.82) is 21.0 Å². The van der Waals surface area contributed by atoms with Gasteiger partial charge in [-0.2, -0.15) is 21.0 Å².